The quantitative estimate of drug-likeness (QED) is 0.624. The number of carbonyl (C=O) groups is 2. The number of thiophene rings is 1. The van der Waals surface area contributed by atoms with Crippen molar-refractivity contribution in [3.63, 3.8) is 0 Å². The second-order valence-corrected chi connectivity index (χ2v) is 6.30. The van der Waals surface area contributed by atoms with Crippen molar-refractivity contribution in [1.82, 2.24) is 10.1 Å². The first-order chi connectivity index (χ1) is 13.2. The number of aryl methyl sites for hydroxylation is 1. The highest BCUT2D eigenvalue weighted by atomic mass is 32.1. The van der Waals surface area contributed by atoms with Crippen LogP contribution in [0.3, 0.4) is 0 Å². The van der Waals surface area contributed by atoms with E-state index >= 15 is 0 Å². The number of carbonyl (C=O) groups excluding carboxylic acids is 2. The van der Waals surface area contributed by atoms with Gasteiger partial charge in [0.1, 0.15) is 6.07 Å². The van der Waals surface area contributed by atoms with Crippen LogP contribution in [-0.4, -0.2) is 28.6 Å². The minimum Gasteiger partial charge on any atom is -0.456 e. The first kappa shape index (κ1) is 18.3. The lowest BCUT2D eigenvalue weighted by Gasteiger charge is -2.07. The Kier molecular flexibility index (Phi) is 5.91. The fourth-order valence-corrected chi connectivity index (χ4v) is 2.81. The lowest BCUT2D eigenvalue weighted by atomic mass is 10.2. The Balaban J connectivity index is 1.43. The minimum atomic E-state index is -0.561. The average molecular weight is 382 g/mol. The van der Waals surface area contributed by atoms with Gasteiger partial charge >= 0.3 is 5.97 Å². The van der Waals surface area contributed by atoms with Crippen LogP contribution in [0.25, 0.3) is 10.7 Å². The summed E-state index contributed by atoms with van der Waals surface area (Å²) in [5, 5.41) is 17.3. The normalized spacial score (nSPS) is 10.2. The lowest BCUT2D eigenvalue weighted by molar-refractivity contribution is -0.147. The molecule has 0 saturated heterocycles. The summed E-state index contributed by atoms with van der Waals surface area (Å²) in [5.41, 5.74) is 0.697. The van der Waals surface area contributed by atoms with Crippen LogP contribution in [0.2, 0.25) is 0 Å². The number of amides is 1. The van der Waals surface area contributed by atoms with Crippen LogP contribution >= 0.6 is 11.3 Å². The Morgan fingerprint density at radius 2 is 2.11 bits per heavy atom. The summed E-state index contributed by atoms with van der Waals surface area (Å²) >= 11 is 1.49. The molecule has 0 spiro atoms. The number of anilines is 1. The van der Waals surface area contributed by atoms with Gasteiger partial charge in [-0.05, 0) is 23.6 Å². The zero-order valence-corrected chi connectivity index (χ0v) is 14.9. The number of nitriles is 1. The van der Waals surface area contributed by atoms with Crippen molar-refractivity contribution in [1.29, 1.82) is 5.26 Å². The van der Waals surface area contributed by atoms with Gasteiger partial charge in [0.15, 0.2) is 6.61 Å². The highest BCUT2D eigenvalue weighted by Crippen LogP contribution is 2.21. The Morgan fingerprint density at radius 3 is 2.89 bits per heavy atom. The van der Waals surface area contributed by atoms with E-state index in [9.17, 15) is 9.59 Å². The van der Waals surface area contributed by atoms with Crippen LogP contribution in [0.15, 0.2) is 46.3 Å². The van der Waals surface area contributed by atoms with Gasteiger partial charge < -0.3 is 14.6 Å². The summed E-state index contributed by atoms with van der Waals surface area (Å²) in [6, 6.07) is 12.3. The smallest absolute Gasteiger partial charge is 0.306 e. The number of benzene rings is 1. The van der Waals surface area contributed by atoms with E-state index in [1.807, 2.05) is 23.6 Å². The summed E-state index contributed by atoms with van der Waals surface area (Å²) in [6.07, 6.45) is 0.226. The Morgan fingerprint density at radius 1 is 1.26 bits per heavy atom. The molecule has 0 bridgehead atoms. The highest BCUT2D eigenvalue weighted by Gasteiger charge is 2.13. The first-order valence-electron chi connectivity index (χ1n) is 7.97. The number of nitrogens with zero attached hydrogens (tertiary/aromatic N) is 3. The molecule has 0 fully saturated rings. The molecule has 3 aromatic rings. The molecule has 1 aromatic carbocycles. The SMILES string of the molecule is N#Cc1ccccc1NC(=O)COC(=O)CCc1nc(-c2cccs2)no1. The summed E-state index contributed by atoms with van der Waals surface area (Å²) in [5.74, 6) is -0.287. The third kappa shape index (κ3) is 4.99. The van der Waals surface area contributed by atoms with Crippen molar-refractivity contribution in [2.24, 2.45) is 0 Å². The molecular weight excluding hydrogens is 368 g/mol. The van der Waals surface area contributed by atoms with Gasteiger partial charge in [-0.15, -0.1) is 11.3 Å². The van der Waals surface area contributed by atoms with Crippen molar-refractivity contribution in [2.75, 3.05) is 11.9 Å². The van der Waals surface area contributed by atoms with E-state index in [4.69, 9.17) is 14.5 Å². The van der Waals surface area contributed by atoms with Crippen LogP contribution < -0.4 is 5.32 Å². The van der Waals surface area contributed by atoms with Crippen LogP contribution in [-0.2, 0) is 20.7 Å². The molecule has 0 aliphatic heterocycles. The molecular formula is C18H14N4O4S. The number of rotatable bonds is 7. The zero-order chi connectivity index (χ0) is 19.1. The van der Waals surface area contributed by atoms with E-state index in [0.717, 1.165) is 4.88 Å². The molecule has 0 unspecified atom stereocenters. The summed E-state index contributed by atoms with van der Waals surface area (Å²) in [6.45, 7) is -0.442. The molecule has 0 aliphatic carbocycles. The largest absolute Gasteiger partial charge is 0.456 e. The Labute approximate surface area is 158 Å². The molecule has 1 amide bonds. The molecule has 9 heteroatoms. The van der Waals surface area contributed by atoms with Crippen LogP contribution in [0.5, 0.6) is 0 Å². The topological polar surface area (TPSA) is 118 Å². The minimum absolute atomic E-state index is 0.00807. The third-order valence-electron chi connectivity index (χ3n) is 3.44. The fourth-order valence-electron chi connectivity index (χ4n) is 2.17. The molecule has 136 valence electrons. The van der Waals surface area contributed by atoms with Gasteiger partial charge in [0.25, 0.3) is 5.91 Å². The predicted molar refractivity (Wildman–Crippen MR) is 96.7 cm³/mol. The Bertz CT molecular complexity index is 975. The number of hydrogen-bond acceptors (Lipinski definition) is 8. The zero-order valence-electron chi connectivity index (χ0n) is 14.0. The van der Waals surface area contributed by atoms with Crippen molar-refractivity contribution >= 4 is 28.9 Å². The number of para-hydroxylation sites is 1. The van der Waals surface area contributed by atoms with Crippen LogP contribution in [0.4, 0.5) is 5.69 Å². The van der Waals surface area contributed by atoms with E-state index in [1.165, 1.54) is 11.3 Å². The second kappa shape index (κ2) is 8.73. The third-order valence-corrected chi connectivity index (χ3v) is 4.30. The van der Waals surface area contributed by atoms with Gasteiger partial charge in [-0.3, -0.25) is 9.59 Å². The van der Waals surface area contributed by atoms with E-state index < -0.39 is 18.5 Å². The van der Waals surface area contributed by atoms with Crippen molar-refractivity contribution in [3.05, 3.63) is 53.2 Å². The number of hydrogen-bond donors (Lipinski definition) is 1. The van der Waals surface area contributed by atoms with Gasteiger partial charge in [0.2, 0.25) is 11.7 Å². The maximum atomic E-state index is 11.9. The second-order valence-electron chi connectivity index (χ2n) is 5.36. The van der Waals surface area contributed by atoms with Gasteiger partial charge in [-0.25, -0.2) is 0 Å². The number of aromatic nitrogens is 2. The molecule has 3 rings (SSSR count). The predicted octanol–water partition coefficient (Wildman–Crippen LogP) is 2.78. The molecule has 8 nitrogen and oxygen atoms in total. The standard InChI is InChI=1S/C18H14N4O4S/c19-10-12-4-1-2-5-13(12)20-15(23)11-25-17(24)8-7-16-21-18(22-26-16)14-6-3-9-27-14/h1-6,9H,7-8,11H2,(H,20,23). The molecule has 1 N–H and O–H groups in total. The molecule has 2 heterocycles. The van der Waals surface area contributed by atoms with Gasteiger partial charge in [0.05, 0.1) is 22.5 Å². The lowest BCUT2D eigenvalue weighted by Crippen LogP contribution is -2.21. The van der Waals surface area contributed by atoms with Crippen molar-refractivity contribution in [2.45, 2.75) is 12.8 Å². The molecule has 0 atom stereocenters. The fraction of sp³-hybridized carbons (Fsp3) is 0.167. The maximum Gasteiger partial charge on any atom is 0.306 e. The van der Waals surface area contributed by atoms with Crippen molar-refractivity contribution < 1.29 is 18.8 Å². The van der Waals surface area contributed by atoms with Gasteiger partial charge in [0, 0.05) is 6.42 Å². The van der Waals surface area contributed by atoms with E-state index in [2.05, 4.69) is 15.5 Å². The molecule has 0 aliphatic rings. The summed E-state index contributed by atoms with van der Waals surface area (Å²) in [7, 11) is 0. The highest BCUT2D eigenvalue weighted by molar-refractivity contribution is 7.13. The molecule has 2 aromatic heterocycles. The van der Waals surface area contributed by atoms with Crippen LogP contribution in [0.1, 0.15) is 17.9 Å². The maximum absolute atomic E-state index is 11.9. The van der Waals surface area contributed by atoms with Crippen LogP contribution in [0, 0.1) is 11.3 Å². The number of ether oxygens (including phenoxy) is 1. The summed E-state index contributed by atoms with van der Waals surface area (Å²) in [4.78, 5) is 28.7. The average Bonchev–Trinajstić information content (AvgIpc) is 3.36. The summed E-state index contributed by atoms with van der Waals surface area (Å²) < 4.78 is 10.0. The monoisotopic (exact) mass is 382 g/mol. The molecule has 27 heavy (non-hydrogen) atoms. The van der Waals surface area contributed by atoms with Gasteiger partial charge in [-0.2, -0.15) is 10.2 Å². The molecule has 0 saturated carbocycles. The van der Waals surface area contributed by atoms with E-state index in [0.29, 0.717) is 23.0 Å². The first-order valence-corrected chi connectivity index (χ1v) is 8.85. The molecule has 0 radical (unpaired) electrons. The Hall–Kier alpha value is -3.51. The van der Waals surface area contributed by atoms with Crippen molar-refractivity contribution in [3.8, 4) is 16.8 Å². The van der Waals surface area contributed by atoms with Gasteiger partial charge in [-0.1, -0.05) is 23.4 Å². The van der Waals surface area contributed by atoms with E-state index in [1.54, 1.807) is 24.3 Å². The number of esters is 1. The number of nitrogens with one attached hydrogen (secondary N) is 1. The van der Waals surface area contributed by atoms with E-state index in [-0.39, 0.29) is 12.8 Å².